The number of benzene rings is 1. The maximum atomic E-state index is 13.6. The Morgan fingerprint density at radius 1 is 1.23 bits per heavy atom. The number of aliphatic hydroxyl groups is 1. The summed E-state index contributed by atoms with van der Waals surface area (Å²) in [5, 5.41) is 14.7. The van der Waals surface area contributed by atoms with Gasteiger partial charge in [0.25, 0.3) is 5.91 Å². The quantitative estimate of drug-likeness (QED) is 0.595. The Hall–Kier alpha value is -2.59. The minimum Gasteiger partial charge on any atom is -0.490 e. The summed E-state index contributed by atoms with van der Waals surface area (Å²) in [4.78, 5) is 14.8. The molecule has 1 fully saturated rings. The van der Waals surface area contributed by atoms with E-state index in [9.17, 15) is 23.1 Å². The van der Waals surface area contributed by atoms with Gasteiger partial charge < -0.3 is 14.6 Å². The van der Waals surface area contributed by atoms with Crippen LogP contribution in [0, 0.1) is 0 Å². The van der Waals surface area contributed by atoms with Crippen LogP contribution in [0.4, 0.5) is 19.0 Å². The summed E-state index contributed by atoms with van der Waals surface area (Å²) in [6.45, 7) is 9.87. The number of nitrogens with zero attached hydrogens (tertiary/aromatic N) is 3. The lowest BCUT2D eigenvalue weighted by Crippen LogP contribution is -2.32. The third kappa shape index (κ3) is 6.76. The molecule has 35 heavy (non-hydrogen) atoms. The second-order valence-corrected chi connectivity index (χ2v) is 10.6. The number of anilines is 1. The summed E-state index contributed by atoms with van der Waals surface area (Å²) in [5.74, 6) is -0.282. The standard InChI is InChI=1S/C25H34F3N3O4/c1-23(2,3)20-13-21(31(29-20)14-17-8-7-11-34-17)30(6)22(32)18-12-16(25(26,27)28)9-10-19(18)35-15-24(4,5)33/h9-10,12-13,17,33H,7-8,11,14-15H2,1-6H3/t17-/m1/s1. The van der Waals surface area contributed by atoms with Crippen LogP contribution < -0.4 is 9.64 Å². The summed E-state index contributed by atoms with van der Waals surface area (Å²) in [6.07, 6.45) is -2.88. The van der Waals surface area contributed by atoms with Crippen molar-refractivity contribution in [2.45, 2.75) is 77.3 Å². The monoisotopic (exact) mass is 497 g/mol. The van der Waals surface area contributed by atoms with E-state index in [1.165, 1.54) is 25.8 Å². The first kappa shape index (κ1) is 27.0. The molecule has 1 N–H and O–H groups in total. The third-order valence-corrected chi connectivity index (χ3v) is 5.69. The van der Waals surface area contributed by atoms with E-state index in [0.717, 1.165) is 36.7 Å². The second-order valence-electron chi connectivity index (χ2n) is 10.6. The fourth-order valence-electron chi connectivity index (χ4n) is 3.70. The van der Waals surface area contributed by atoms with E-state index in [2.05, 4.69) is 5.10 Å². The molecule has 10 heteroatoms. The van der Waals surface area contributed by atoms with E-state index in [-0.39, 0.29) is 29.4 Å². The molecule has 1 atom stereocenters. The van der Waals surface area contributed by atoms with Gasteiger partial charge in [0.15, 0.2) is 0 Å². The van der Waals surface area contributed by atoms with Crippen molar-refractivity contribution in [3.8, 4) is 5.75 Å². The molecule has 1 saturated heterocycles. The predicted octanol–water partition coefficient (Wildman–Crippen LogP) is 4.80. The van der Waals surface area contributed by atoms with Crippen LogP contribution in [0.25, 0.3) is 0 Å². The van der Waals surface area contributed by atoms with Gasteiger partial charge in [0.05, 0.1) is 35.1 Å². The Labute approximate surface area is 203 Å². The number of aromatic nitrogens is 2. The zero-order chi connectivity index (χ0) is 26.2. The summed E-state index contributed by atoms with van der Waals surface area (Å²) >= 11 is 0. The first-order valence-corrected chi connectivity index (χ1v) is 11.6. The Kier molecular flexibility index (Phi) is 7.57. The lowest BCUT2D eigenvalue weighted by molar-refractivity contribution is -0.137. The summed E-state index contributed by atoms with van der Waals surface area (Å²) in [6, 6.07) is 4.53. The van der Waals surface area contributed by atoms with Crippen LogP contribution in [0.2, 0.25) is 0 Å². The molecule has 1 aliphatic rings. The molecule has 2 heterocycles. The minimum atomic E-state index is -4.64. The smallest absolute Gasteiger partial charge is 0.416 e. The van der Waals surface area contributed by atoms with E-state index in [4.69, 9.17) is 9.47 Å². The molecule has 0 unspecified atom stereocenters. The van der Waals surface area contributed by atoms with Crippen LogP contribution in [-0.2, 0) is 22.9 Å². The van der Waals surface area contributed by atoms with Gasteiger partial charge in [-0.2, -0.15) is 18.3 Å². The van der Waals surface area contributed by atoms with E-state index < -0.39 is 23.2 Å². The largest absolute Gasteiger partial charge is 0.490 e. The number of carbonyl (C=O) groups excluding carboxylic acids is 1. The number of hydrogen-bond donors (Lipinski definition) is 1. The molecule has 1 amide bonds. The molecule has 194 valence electrons. The van der Waals surface area contributed by atoms with Crippen LogP contribution in [0.5, 0.6) is 5.75 Å². The van der Waals surface area contributed by atoms with Crippen LogP contribution in [0.1, 0.15) is 69.1 Å². The number of ether oxygens (including phenoxy) is 2. The molecule has 0 bridgehead atoms. The zero-order valence-electron chi connectivity index (χ0n) is 21.1. The molecule has 0 saturated carbocycles. The van der Waals surface area contributed by atoms with Crippen LogP contribution in [-0.4, -0.2) is 52.8 Å². The van der Waals surface area contributed by atoms with Crippen LogP contribution in [0.15, 0.2) is 24.3 Å². The fraction of sp³-hybridized carbons (Fsp3) is 0.600. The molecule has 7 nitrogen and oxygen atoms in total. The molecule has 0 radical (unpaired) electrons. The van der Waals surface area contributed by atoms with Crippen molar-refractivity contribution in [2.24, 2.45) is 0 Å². The Balaban J connectivity index is 2.01. The first-order valence-electron chi connectivity index (χ1n) is 11.6. The maximum absolute atomic E-state index is 13.6. The normalized spacial score (nSPS) is 17.0. The van der Waals surface area contributed by atoms with Gasteiger partial charge in [-0.15, -0.1) is 0 Å². The lowest BCUT2D eigenvalue weighted by Gasteiger charge is -2.23. The molecule has 2 aromatic rings. The Bertz CT molecular complexity index is 1050. The molecule has 1 aliphatic heterocycles. The topological polar surface area (TPSA) is 76.8 Å². The van der Waals surface area contributed by atoms with E-state index >= 15 is 0 Å². The van der Waals surface area contributed by atoms with Crippen molar-refractivity contribution in [1.82, 2.24) is 9.78 Å². The van der Waals surface area contributed by atoms with Gasteiger partial charge in [0, 0.05) is 25.1 Å². The number of carbonyl (C=O) groups is 1. The number of halogens is 3. The molecule has 0 spiro atoms. The molecular formula is C25H34F3N3O4. The van der Waals surface area contributed by atoms with Crippen molar-refractivity contribution in [3.05, 3.63) is 41.1 Å². The summed E-state index contributed by atoms with van der Waals surface area (Å²) in [7, 11) is 1.50. The highest BCUT2D eigenvalue weighted by Crippen LogP contribution is 2.34. The maximum Gasteiger partial charge on any atom is 0.416 e. The molecule has 1 aromatic heterocycles. The SMILES string of the molecule is CN(C(=O)c1cc(C(F)(F)F)ccc1OCC(C)(C)O)c1cc(C(C)(C)C)nn1C[C@H]1CCCO1. The molecule has 1 aromatic carbocycles. The van der Waals surface area contributed by atoms with Gasteiger partial charge in [0.2, 0.25) is 0 Å². The number of hydrogen-bond acceptors (Lipinski definition) is 5. The third-order valence-electron chi connectivity index (χ3n) is 5.69. The summed E-state index contributed by atoms with van der Waals surface area (Å²) in [5.41, 5.74) is -2.02. The predicted molar refractivity (Wildman–Crippen MR) is 126 cm³/mol. The Morgan fingerprint density at radius 2 is 1.91 bits per heavy atom. The lowest BCUT2D eigenvalue weighted by atomic mass is 9.92. The highest BCUT2D eigenvalue weighted by Gasteiger charge is 2.34. The van der Waals surface area contributed by atoms with E-state index in [1.807, 2.05) is 20.8 Å². The van der Waals surface area contributed by atoms with E-state index in [1.54, 1.807) is 10.7 Å². The molecule has 3 rings (SSSR count). The van der Waals surface area contributed by atoms with Crippen molar-refractivity contribution >= 4 is 11.7 Å². The zero-order valence-corrected chi connectivity index (χ0v) is 21.1. The number of rotatable bonds is 7. The van der Waals surface area contributed by atoms with Gasteiger partial charge >= 0.3 is 6.18 Å². The molecule has 0 aliphatic carbocycles. The van der Waals surface area contributed by atoms with Gasteiger partial charge in [-0.05, 0) is 44.9 Å². The highest BCUT2D eigenvalue weighted by atomic mass is 19.4. The average molecular weight is 498 g/mol. The van der Waals surface area contributed by atoms with Crippen molar-refractivity contribution in [2.75, 3.05) is 25.2 Å². The number of amides is 1. The average Bonchev–Trinajstić information content (AvgIpc) is 3.40. The van der Waals surface area contributed by atoms with E-state index in [0.29, 0.717) is 19.0 Å². The minimum absolute atomic E-state index is 0.0433. The second kappa shape index (κ2) is 9.81. The van der Waals surface area contributed by atoms with Crippen molar-refractivity contribution in [1.29, 1.82) is 0 Å². The molecular weight excluding hydrogens is 463 g/mol. The van der Waals surface area contributed by atoms with Crippen LogP contribution in [0.3, 0.4) is 0 Å². The van der Waals surface area contributed by atoms with Gasteiger partial charge in [-0.25, -0.2) is 4.68 Å². The van der Waals surface area contributed by atoms with Crippen molar-refractivity contribution in [3.63, 3.8) is 0 Å². The van der Waals surface area contributed by atoms with Crippen molar-refractivity contribution < 1.29 is 32.5 Å². The summed E-state index contributed by atoms with van der Waals surface area (Å²) < 4.78 is 53.3. The van der Waals surface area contributed by atoms with Gasteiger partial charge in [0.1, 0.15) is 18.2 Å². The number of alkyl halides is 3. The Morgan fingerprint density at radius 3 is 2.46 bits per heavy atom. The van der Waals surface area contributed by atoms with Crippen LogP contribution >= 0.6 is 0 Å². The van der Waals surface area contributed by atoms with Gasteiger partial charge in [-0.3, -0.25) is 9.69 Å². The first-order chi connectivity index (χ1) is 16.1. The van der Waals surface area contributed by atoms with Gasteiger partial charge in [-0.1, -0.05) is 20.8 Å². The highest BCUT2D eigenvalue weighted by molar-refractivity contribution is 6.07. The fourth-order valence-corrected chi connectivity index (χ4v) is 3.70.